The number of hydrogen-bond donors (Lipinski definition) is 0. The maximum Gasteiger partial charge on any atom is 0.205 e. The molecule has 3 heterocycles. The topological polar surface area (TPSA) is 53.1 Å². The molecule has 1 saturated heterocycles. The van der Waals surface area contributed by atoms with Crippen LogP contribution >= 0.6 is 11.8 Å². The number of nitrogens with zero attached hydrogens (tertiary/aromatic N) is 3. The van der Waals surface area contributed by atoms with Gasteiger partial charge in [0.15, 0.2) is 10.9 Å². The van der Waals surface area contributed by atoms with Gasteiger partial charge in [0.25, 0.3) is 0 Å². The summed E-state index contributed by atoms with van der Waals surface area (Å²) >= 11 is 1.69. The molecule has 5 nitrogen and oxygen atoms in total. The van der Waals surface area contributed by atoms with Gasteiger partial charge in [0.2, 0.25) is 5.82 Å². The molecule has 0 spiro atoms. The molecule has 0 unspecified atom stereocenters. The highest BCUT2D eigenvalue weighted by Gasteiger charge is 2.20. The van der Waals surface area contributed by atoms with Crippen LogP contribution in [0.15, 0.2) is 52.2 Å². The second-order valence-corrected chi connectivity index (χ2v) is 7.24. The maximum atomic E-state index is 5.84. The van der Waals surface area contributed by atoms with Gasteiger partial charge in [0.05, 0.1) is 12.4 Å². The number of aryl methyl sites for hydroxylation is 1. The number of benzene rings is 1. The minimum Gasteiger partial charge on any atom is -0.461 e. The molecule has 3 aromatic rings. The molecule has 1 aromatic carbocycles. The standard InChI is InChI=1S/C19H21N3O2S/c1-14-7-9-15(10-8-14)22-18(17-6-4-12-24-17)20-21-19(22)25-13-16-5-2-3-11-23-16/h4,6-10,12,16H,2-3,5,11,13H2,1H3/t16-/m1/s1. The number of thioether (sulfide) groups is 1. The molecule has 2 aromatic heterocycles. The fourth-order valence-electron chi connectivity index (χ4n) is 2.96. The largest absolute Gasteiger partial charge is 0.461 e. The molecule has 0 aliphatic carbocycles. The fraction of sp³-hybridized carbons (Fsp3) is 0.368. The molecule has 25 heavy (non-hydrogen) atoms. The molecule has 130 valence electrons. The van der Waals surface area contributed by atoms with Crippen molar-refractivity contribution < 1.29 is 9.15 Å². The van der Waals surface area contributed by atoms with Gasteiger partial charge < -0.3 is 9.15 Å². The highest BCUT2D eigenvalue weighted by Crippen LogP contribution is 2.30. The highest BCUT2D eigenvalue weighted by molar-refractivity contribution is 7.99. The van der Waals surface area contributed by atoms with Gasteiger partial charge >= 0.3 is 0 Å². The van der Waals surface area contributed by atoms with Crippen LogP contribution in [-0.4, -0.2) is 33.2 Å². The van der Waals surface area contributed by atoms with Gasteiger partial charge in [-0.3, -0.25) is 4.57 Å². The first-order valence-corrected chi connectivity index (χ1v) is 9.60. The van der Waals surface area contributed by atoms with E-state index in [1.165, 1.54) is 18.4 Å². The van der Waals surface area contributed by atoms with E-state index >= 15 is 0 Å². The Bertz CT molecular complexity index is 806. The Hall–Kier alpha value is -2.05. The molecule has 4 rings (SSSR count). The van der Waals surface area contributed by atoms with Crippen molar-refractivity contribution in [3.8, 4) is 17.3 Å². The summed E-state index contributed by atoms with van der Waals surface area (Å²) in [5.74, 6) is 2.33. The fourth-order valence-corrected chi connectivity index (χ4v) is 3.98. The number of ether oxygens (including phenoxy) is 1. The Morgan fingerprint density at radius 2 is 2.04 bits per heavy atom. The summed E-state index contributed by atoms with van der Waals surface area (Å²) in [5, 5.41) is 9.66. The van der Waals surface area contributed by atoms with Crippen LogP contribution in [0.4, 0.5) is 0 Å². The second-order valence-electron chi connectivity index (χ2n) is 6.25. The lowest BCUT2D eigenvalue weighted by atomic mass is 10.1. The lowest BCUT2D eigenvalue weighted by Gasteiger charge is -2.21. The van der Waals surface area contributed by atoms with Crippen LogP contribution in [0.2, 0.25) is 0 Å². The molecule has 0 N–H and O–H groups in total. The van der Waals surface area contributed by atoms with E-state index in [4.69, 9.17) is 9.15 Å². The van der Waals surface area contributed by atoms with Crippen molar-refractivity contribution in [2.24, 2.45) is 0 Å². The summed E-state index contributed by atoms with van der Waals surface area (Å²) in [6.07, 6.45) is 5.49. The van der Waals surface area contributed by atoms with Crippen LogP contribution in [0.3, 0.4) is 0 Å². The van der Waals surface area contributed by atoms with Crippen LogP contribution < -0.4 is 0 Å². The third kappa shape index (κ3) is 3.65. The predicted octanol–water partition coefficient (Wildman–Crippen LogP) is 4.50. The Balaban J connectivity index is 1.65. The van der Waals surface area contributed by atoms with E-state index in [0.717, 1.165) is 35.4 Å². The summed E-state index contributed by atoms with van der Waals surface area (Å²) in [4.78, 5) is 0. The van der Waals surface area contributed by atoms with E-state index in [1.54, 1.807) is 18.0 Å². The van der Waals surface area contributed by atoms with Crippen molar-refractivity contribution in [3.05, 3.63) is 48.2 Å². The third-order valence-electron chi connectivity index (χ3n) is 4.34. The van der Waals surface area contributed by atoms with Gasteiger partial charge in [-0.05, 0) is 50.5 Å². The van der Waals surface area contributed by atoms with Gasteiger partial charge in [-0.25, -0.2) is 0 Å². The van der Waals surface area contributed by atoms with E-state index in [9.17, 15) is 0 Å². The second kappa shape index (κ2) is 7.45. The van der Waals surface area contributed by atoms with E-state index in [2.05, 4.69) is 46.0 Å². The highest BCUT2D eigenvalue weighted by atomic mass is 32.2. The van der Waals surface area contributed by atoms with Crippen LogP contribution in [-0.2, 0) is 4.74 Å². The number of hydrogen-bond acceptors (Lipinski definition) is 5. The summed E-state index contributed by atoms with van der Waals surface area (Å²) in [7, 11) is 0. The summed E-state index contributed by atoms with van der Waals surface area (Å²) in [6.45, 7) is 2.95. The van der Waals surface area contributed by atoms with Crippen LogP contribution in [0, 0.1) is 6.92 Å². The molecule has 6 heteroatoms. The van der Waals surface area contributed by atoms with Gasteiger partial charge in [-0.2, -0.15) is 0 Å². The first-order valence-electron chi connectivity index (χ1n) is 8.62. The van der Waals surface area contributed by atoms with E-state index in [-0.39, 0.29) is 0 Å². The molecule has 1 atom stereocenters. The zero-order valence-corrected chi connectivity index (χ0v) is 15.0. The molecule has 0 radical (unpaired) electrons. The van der Waals surface area contributed by atoms with Crippen molar-refractivity contribution >= 4 is 11.8 Å². The van der Waals surface area contributed by atoms with Crippen molar-refractivity contribution in [2.75, 3.05) is 12.4 Å². The number of furan rings is 1. The van der Waals surface area contributed by atoms with Crippen molar-refractivity contribution in [1.29, 1.82) is 0 Å². The number of rotatable bonds is 5. The maximum absolute atomic E-state index is 5.84. The van der Waals surface area contributed by atoms with Gasteiger partial charge in [-0.1, -0.05) is 29.5 Å². The molecule has 0 amide bonds. The Kier molecular flexibility index (Phi) is 4.90. The molecular weight excluding hydrogens is 334 g/mol. The molecule has 0 bridgehead atoms. The van der Waals surface area contributed by atoms with Gasteiger partial charge in [0, 0.05) is 18.0 Å². The van der Waals surface area contributed by atoms with Crippen molar-refractivity contribution in [2.45, 2.75) is 37.4 Å². The molecule has 1 aliphatic heterocycles. The van der Waals surface area contributed by atoms with Crippen LogP contribution in [0.25, 0.3) is 17.3 Å². The van der Waals surface area contributed by atoms with E-state index in [1.807, 2.05) is 12.1 Å². The molecule has 0 saturated carbocycles. The number of aromatic nitrogens is 3. The van der Waals surface area contributed by atoms with Crippen LogP contribution in [0.1, 0.15) is 24.8 Å². The predicted molar refractivity (Wildman–Crippen MR) is 98.1 cm³/mol. The van der Waals surface area contributed by atoms with E-state index < -0.39 is 0 Å². The van der Waals surface area contributed by atoms with Gasteiger partial charge in [0.1, 0.15) is 0 Å². The lowest BCUT2D eigenvalue weighted by molar-refractivity contribution is 0.0315. The average Bonchev–Trinajstić information content (AvgIpc) is 3.31. The Morgan fingerprint density at radius 1 is 1.16 bits per heavy atom. The molecular formula is C19H21N3O2S. The average molecular weight is 355 g/mol. The Morgan fingerprint density at radius 3 is 2.76 bits per heavy atom. The Labute approximate surface area is 151 Å². The van der Waals surface area contributed by atoms with Crippen molar-refractivity contribution in [3.63, 3.8) is 0 Å². The molecule has 1 fully saturated rings. The minimum absolute atomic E-state index is 0.300. The lowest BCUT2D eigenvalue weighted by Crippen LogP contribution is -2.21. The zero-order chi connectivity index (χ0) is 17.1. The smallest absolute Gasteiger partial charge is 0.205 e. The first-order chi connectivity index (χ1) is 12.3. The molecule has 1 aliphatic rings. The van der Waals surface area contributed by atoms with Gasteiger partial charge in [-0.15, -0.1) is 10.2 Å². The van der Waals surface area contributed by atoms with E-state index in [0.29, 0.717) is 11.9 Å². The van der Waals surface area contributed by atoms with Crippen molar-refractivity contribution in [1.82, 2.24) is 14.8 Å². The van der Waals surface area contributed by atoms with Crippen LogP contribution in [0.5, 0.6) is 0 Å². The minimum atomic E-state index is 0.300. The summed E-state index contributed by atoms with van der Waals surface area (Å²) in [6, 6.07) is 12.2. The monoisotopic (exact) mass is 355 g/mol. The zero-order valence-electron chi connectivity index (χ0n) is 14.2. The summed E-state index contributed by atoms with van der Waals surface area (Å²) < 4.78 is 13.5. The third-order valence-corrected chi connectivity index (χ3v) is 5.40. The quantitative estimate of drug-likeness (QED) is 0.631. The summed E-state index contributed by atoms with van der Waals surface area (Å²) in [5.41, 5.74) is 2.26. The normalized spacial score (nSPS) is 17.7. The SMILES string of the molecule is Cc1ccc(-n2c(SC[C@H]3CCCCO3)nnc2-c2ccco2)cc1. The first kappa shape index (κ1) is 16.4.